The Morgan fingerprint density at radius 1 is 1.12 bits per heavy atom. The highest BCUT2D eigenvalue weighted by molar-refractivity contribution is 5.93. The minimum absolute atomic E-state index is 0.0157. The second-order valence-corrected chi connectivity index (χ2v) is 13.2. The predicted octanol–water partition coefficient (Wildman–Crippen LogP) is 5.84. The van der Waals surface area contributed by atoms with Crippen molar-refractivity contribution in [3.05, 3.63) is 28.8 Å². The second-order valence-electron chi connectivity index (χ2n) is 13.2. The molecule has 0 aliphatic carbocycles. The fraction of sp³-hybridized carbons (Fsp3) is 0.765. The Balaban J connectivity index is 1.69. The highest BCUT2D eigenvalue weighted by atomic mass is 16.6. The Morgan fingerprint density at radius 2 is 1.79 bits per heavy atom. The minimum atomic E-state index is -1.18. The fourth-order valence-corrected chi connectivity index (χ4v) is 7.45. The van der Waals surface area contributed by atoms with Crippen molar-refractivity contribution in [2.45, 2.75) is 142 Å². The van der Waals surface area contributed by atoms with Gasteiger partial charge < -0.3 is 29.9 Å². The van der Waals surface area contributed by atoms with Crippen molar-refractivity contribution in [3.8, 4) is 5.75 Å². The first-order valence-corrected chi connectivity index (χ1v) is 16.0. The van der Waals surface area contributed by atoms with Gasteiger partial charge in [0.15, 0.2) is 0 Å². The molecule has 0 bridgehead atoms. The number of carbonyl (C=O) groups excluding carboxylic acids is 1. The van der Waals surface area contributed by atoms with Crippen LogP contribution >= 0.6 is 0 Å². The molecule has 8 nitrogen and oxygen atoms in total. The van der Waals surface area contributed by atoms with Crippen LogP contribution in [0.15, 0.2) is 12.1 Å². The Bertz CT molecular complexity index is 1100. The Kier molecular flexibility index (Phi) is 11.3. The van der Waals surface area contributed by atoms with Crippen LogP contribution in [-0.4, -0.2) is 67.8 Å². The summed E-state index contributed by atoms with van der Waals surface area (Å²) in [7, 11) is 0. The number of aromatic carboxylic acids is 1. The van der Waals surface area contributed by atoms with E-state index >= 15 is 0 Å². The zero-order valence-corrected chi connectivity index (χ0v) is 26.9. The lowest BCUT2D eigenvalue weighted by Gasteiger charge is -2.47. The number of carbonyl (C=O) groups is 2. The zero-order chi connectivity index (χ0) is 31.6. The lowest BCUT2D eigenvalue weighted by Crippen LogP contribution is -2.55. The van der Waals surface area contributed by atoms with Gasteiger partial charge in [0.1, 0.15) is 17.1 Å². The van der Waals surface area contributed by atoms with E-state index in [9.17, 15) is 30.0 Å². The number of benzene rings is 1. The fourth-order valence-electron chi connectivity index (χ4n) is 7.45. The first-order valence-electron chi connectivity index (χ1n) is 16.0. The third kappa shape index (κ3) is 6.72. The standard InChI is InChI=1S/C34H54O8/c1-9-25(31-21(6)18-34(11-3,42-31)26-16-17-33(40,10-2)23(8)41-26)30(37)22(7)28(35)19(4)12-14-24-15-13-20(5)29(36)27(24)32(38)39/h13,15,19,21-23,25-26,28,31,35-36,40H,9-12,14,16-18H2,1-8H3,(H,38,39)/t19-,21+,22+,23+,25+,26-,28+,31-,33-,34+/m1/s1. The summed E-state index contributed by atoms with van der Waals surface area (Å²) in [6, 6.07) is 3.40. The van der Waals surface area contributed by atoms with Crippen LogP contribution in [0.5, 0.6) is 5.75 Å². The number of hydrogen-bond donors (Lipinski definition) is 4. The molecular formula is C34H54O8. The molecule has 3 rings (SSSR count). The first-order chi connectivity index (χ1) is 19.7. The zero-order valence-electron chi connectivity index (χ0n) is 26.9. The molecule has 0 saturated carbocycles. The Labute approximate surface area is 251 Å². The maximum absolute atomic E-state index is 13.9. The van der Waals surface area contributed by atoms with Gasteiger partial charge in [-0.1, -0.05) is 53.7 Å². The smallest absolute Gasteiger partial charge is 0.339 e. The molecule has 1 aromatic rings. The average molecular weight is 591 g/mol. The van der Waals surface area contributed by atoms with E-state index in [2.05, 4.69) is 13.8 Å². The van der Waals surface area contributed by atoms with Gasteiger partial charge in [0.05, 0.1) is 35.6 Å². The first kappa shape index (κ1) is 34.5. The Hall–Kier alpha value is -2.00. The molecule has 0 spiro atoms. The monoisotopic (exact) mass is 590 g/mol. The van der Waals surface area contributed by atoms with Crippen LogP contribution in [0.2, 0.25) is 0 Å². The number of aliphatic hydroxyl groups is 2. The van der Waals surface area contributed by atoms with Gasteiger partial charge in [0.25, 0.3) is 0 Å². The molecule has 0 amide bonds. The molecule has 0 radical (unpaired) electrons. The molecule has 2 saturated heterocycles. The number of carboxylic acid groups (broad SMARTS) is 1. The van der Waals surface area contributed by atoms with Crippen molar-refractivity contribution in [1.29, 1.82) is 0 Å². The van der Waals surface area contributed by atoms with Crippen LogP contribution in [0, 0.1) is 30.6 Å². The molecule has 238 valence electrons. The number of aryl methyl sites for hydroxylation is 2. The minimum Gasteiger partial charge on any atom is -0.507 e. The topological polar surface area (TPSA) is 134 Å². The summed E-state index contributed by atoms with van der Waals surface area (Å²) in [5.74, 6) is -2.55. The van der Waals surface area contributed by atoms with Crippen LogP contribution in [0.4, 0.5) is 0 Å². The molecule has 0 unspecified atom stereocenters. The number of hydrogen-bond acceptors (Lipinski definition) is 7. The third-order valence-electron chi connectivity index (χ3n) is 10.7. The molecule has 1 aromatic carbocycles. The van der Waals surface area contributed by atoms with Crippen molar-refractivity contribution in [2.24, 2.45) is 23.7 Å². The van der Waals surface area contributed by atoms with Crippen molar-refractivity contribution in [2.75, 3.05) is 0 Å². The van der Waals surface area contributed by atoms with E-state index in [1.54, 1.807) is 26.0 Å². The number of rotatable bonds is 13. The van der Waals surface area contributed by atoms with E-state index in [1.807, 2.05) is 27.7 Å². The number of aromatic hydroxyl groups is 1. The van der Waals surface area contributed by atoms with Crippen molar-refractivity contribution in [3.63, 3.8) is 0 Å². The summed E-state index contributed by atoms with van der Waals surface area (Å²) < 4.78 is 13.2. The van der Waals surface area contributed by atoms with Gasteiger partial charge in [-0.2, -0.15) is 0 Å². The maximum atomic E-state index is 13.9. The summed E-state index contributed by atoms with van der Waals surface area (Å²) >= 11 is 0. The molecule has 2 fully saturated rings. The van der Waals surface area contributed by atoms with Gasteiger partial charge >= 0.3 is 5.97 Å². The second kappa shape index (κ2) is 13.7. The lowest BCUT2D eigenvalue weighted by molar-refractivity contribution is -0.229. The van der Waals surface area contributed by atoms with Gasteiger partial charge in [-0.3, -0.25) is 4.79 Å². The van der Waals surface area contributed by atoms with Crippen LogP contribution in [0.3, 0.4) is 0 Å². The maximum Gasteiger partial charge on any atom is 0.339 e. The van der Waals surface area contributed by atoms with Gasteiger partial charge in [-0.25, -0.2) is 4.79 Å². The normalized spacial score (nSPS) is 32.7. The lowest BCUT2D eigenvalue weighted by atomic mass is 9.76. The summed E-state index contributed by atoms with van der Waals surface area (Å²) in [6.45, 7) is 15.4. The summed E-state index contributed by atoms with van der Waals surface area (Å²) in [5.41, 5.74) is -0.437. The van der Waals surface area contributed by atoms with Crippen LogP contribution < -0.4 is 0 Å². The number of Topliss-reactive ketones (excluding diaryl/α,β-unsaturated/α-hetero) is 1. The van der Waals surface area contributed by atoms with Gasteiger partial charge in [0.2, 0.25) is 0 Å². The SMILES string of the molecule is CC[C@@H](C(=O)[C@@H](C)[C@@H](O)[C@H](C)CCc1ccc(C)c(O)c1C(=O)O)[C@@H]1O[C@](CC)([C@H]2CC[C@](O)(CC)[C@H](C)O2)C[C@@H]1C. The van der Waals surface area contributed by atoms with E-state index < -0.39 is 29.2 Å². The van der Waals surface area contributed by atoms with Crippen LogP contribution in [0.25, 0.3) is 0 Å². The van der Waals surface area contributed by atoms with Crippen LogP contribution in [-0.2, 0) is 20.7 Å². The van der Waals surface area contributed by atoms with Crippen LogP contribution in [0.1, 0.15) is 115 Å². The van der Waals surface area contributed by atoms with Gasteiger partial charge in [-0.15, -0.1) is 0 Å². The van der Waals surface area contributed by atoms with E-state index in [4.69, 9.17) is 9.47 Å². The summed E-state index contributed by atoms with van der Waals surface area (Å²) in [4.78, 5) is 25.7. The summed E-state index contributed by atoms with van der Waals surface area (Å²) in [5, 5.41) is 42.1. The molecule has 2 heterocycles. The average Bonchev–Trinajstić information content (AvgIpc) is 3.31. The number of ether oxygens (including phenoxy) is 2. The van der Waals surface area contributed by atoms with E-state index in [-0.39, 0.29) is 53.2 Å². The third-order valence-corrected chi connectivity index (χ3v) is 10.7. The van der Waals surface area contributed by atoms with E-state index in [0.717, 1.165) is 12.8 Å². The molecule has 10 atom stereocenters. The molecule has 42 heavy (non-hydrogen) atoms. The van der Waals surface area contributed by atoms with Crippen molar-refractivity contribution >= 4 is 11.8 Å². The predicted molar refractivity (Wildman–Crippen MR) is 162 cm³/mol. The van der Waals surface area contributed by atoms with Crippen molar-refractivity contribution < 1.29 is 39.5 Å². The molecule has 2 aliphatic rings. The van der Waals surface area contributed by atoms with E-state index in [1.165, 1.54) is 0 Å². The number of carboxylic acids is 1. The van der Waals surface area contributed by atoms with E-state index in [0.29, 0.717) is 49.7 Å². The highest BCUT2D eigenvalue weighted by Gasteiger charge is 2.55. The number of aliphatic hydroxyl groups excluding tert-OH is 1. The molecule has 4 N–H and O–H groups in total. The number of ketones is 1. The van der Waals surface area contributed by atoms with Crippen molar-refractivity contribution in [1.82, 2.24) is 0 Å². The number of phenols is 1. The van der Waals surface area contributed by atoms with Gasteiger partial charge in [-0.05, 0) is 88.2 Å². The molecule has 8 heteroatoms. The molecule has 0 aromatic heterocycles. The quantitative estimate of drug-likeness (QED) is 0.225. The Morgan fingerprint density at radius 3 is 2.33 bits per heavy atom. The van der Waals surface area contributed by atoms with Gasteiger partial charge in [0, 0.05) is 11.8 Å². The molecule has 2 aliphatic heterocycles. The largest absolute Gasteiger partial charge is 0.507 e. The summed E-state index contributed by atoms with van der Waals surface area (Å²) in [6.07, 6.45) is 3.34. The highest BCUT2D eigenvalue weighted by Crippen LogP contribution is 2.48. The molecular weight excluding hydrogens is 536 g/mol.